The van der Waals surface area contributed by atoms with Gasteiger partial charge in [0.15, 0.2) is 17.5 Å². The highest BCUT2D eigenvalue weighted by Crippen LogP contribution is 2.18. The first-order valence-electron chi connectivity index (χ1n) is 4.38. The standard InChI is InChI=1S/C9H7F3N4/c10-6-1-2-7(9(12)8(6)11)16-4-5(3-13)14-15-16/h1-2,4H,3,13H2. The van der Waals surface area contributed by atoms with Gasteiger partial charge in [-0.1, -0.05) is 5.21 Å². The minimum Gasteiger partial charge on any atom is -0.325 e. The second-order valence-electron chi connectivity index (χ2n) is 3.05. The van der Waals surface area contributed by atoms with Gasteiger partial charge in [-0.3, -0.25) is 0 Å². The molecule has 1 aromatic carbocycles. The summed E-state index contributed by atoms with van der Waals surface area (Å²) >= 11 is 0. The number of hydrogen-bond donors (Lipinski definition) is 1. The van der Waals surface area contributed by atoms with Gasteiger partial charge in [-0.2, -0.15) is 0 Å². The van der Waals surface area contributed by atoms with Gasteiger partial charge in [-0.25, -0.2) is 17.9 Å². The van der Waals surface area contributed by atoms with E-state index >= 15 is 0 Å². The summed E-state index contributed by atoms with van der Waals surface area (Å²) in [6.45, 7) is 0.130. The average molecular weight is 228 g/mol. The Hall–Kier alpha value is -1.89. The smallest absolute Gasteiger partial charge is 0.196 e. The van der Waals surface area contributed by atoms with Crippen molar-refractivity contribution in [3.63, 3.8) is 0 Å². The summed E-state index contributed by atoms with van der Waals surface area (Å²) in [5, 5.41) is 7.16. The second-order valence-corrected chi connectivity index (χ2v) is 3.05. The lowest BCUT2D eigenvalue weighted by molar-refractivity contribution is 0.442. The van der Waals surface area contributed by atoms with E-state index < -0.39 is 17.5 Å². The van der Waals surface area contributed by atoms with Crippen LogP contribution in [0, 0.1) is 17.5 Å². The Morgan fingerprint density at radius 2 is 1.94 bits per heavy atom. The fourth-order valence-electron chi connectivity index (χ4n) is 1.20. The molecule has 0 spiro atoms. The molecule has 0 aliphatic heterocycles. The van der Waals surface area contributed by atoms with Crippen LogP contribution in [0.4, 0.5) is 13.2 Å². The van der Waals surface area contributed by atoms with Crippen LogP contribution in [0.5, 0.6) is 0 Å². The van der Waals surface area contributed by atoms with E-state index in [4.69, 9.17) is 5.73 Å². The molecule has 4 nitrogen and oxygen atoms in total. The highest BCUT2D eigenvalue weighted by molar-refractivity contribution is 5.33. The molecule has 0 aliphatic carbocycles. The van der Waals surface area contributed by atoms with E-state index in [9.17, 15) is 13.2 Å². The predicted molar refractivity (Wildman–Crippen MR) is 49.1 cm³/mol. The van der Waals surface area contributed by atoms with Crippen LogP contribution in [0.2, 0.25) is 0 Å². The van der Waals surface area contributed by atoms with Crippen LogP contribution in [-0.2, 0) is 6.54 Å². The molecule has 84 valence electrons. The quantitative estimate of drug-likeness (QED) is 0.784. The number of hydrogen-bond acceptors (Lipinski definition) is 3. The van der Waals surface area contributed by atoms with Crippen LogP contribution in [0.15, 0.2) is 18.3 Å². The first-order chi connectivity index (χ1) is 7.63. The number of aromatic nitrogens is 3. The van der Waals surface area contributed by atoms with Crippen molar-refractivity contribution < 1.29 is 13.2 Å². The molecule has 2 aromatic rings. The van der Waals surface area contributed by atoms with E-state index in [2.05, 4.69) is 10.3 Å². The molecule has 2 rings (SSSR count). The van der Waals surface area contributed by atoms with E-state index in [1.54, 1.807) is 0 Å². The summed E-state index contributed by atoms with van der Waals surface area (Å²) in [4.78, 5) is 0. The molecule has 1 heterocycles. The molecular weight excluding hydrogens is 221 g/mol. The summed E-state index contributed by atoms with van der Waals surface area (Å²) in [5.41, 5.74) is 5.49. The van der Waals surface area contributed by atoms with Crippen LogP contribution in [-0.4, -0.2) is 15.0 Å². The van der Waals surface area contributed by atoms with Crippen molar-refractivity contribution in [2.75, 3.05) is 0 Å². The van der Waals surface area contributed by atoms with Crippen molar-refractivity contribution in [2.45, 2.75) is 6.54 Å². The molecule has 0 aliphatic rings. The molecule has 1 aromatic heterocycles. The zero-order valence-corrected chi connectivity index (χ0v) is 7.99. The average Bonchev–Trinajstić information content (AvgIpc) is 2.74. The van der Waals surface area contributed by atoms with Crippen LogP contribution in [0.25, 0.3) is 5.69 Å². The summed E-state index contributed by atoms with van der Waals surface area (Å²) < 4.78 is 39.9. The van der Waals surface area contributed by atoms with Crippen molar-refractivity contribution in [2.24, 2.45) is 5.73 Å². The first kappa shape index (κ1) is 10.6. The Labute approximate surface area is 88.5 Å². The van der Waals surface area contributed by atoms with Crippen molar-refractivity contribution in [1.29, 1.82) is 0 Å². The third-order valence-electron chi connectivity index (χ3n) is 2.01. The molecule has 16 heavy (non-hydrogen) atoms. The fraction of sp³-hybridized carbons (Fsp3) is 0.111. The number of nitrogens with zero attached hydrogens (tertiary/aromatic N) is 3. The topological polar surface area (TPSA) is 56.7 Å². The van der Waals surface area contributed by atoms with Crippen LogP contribution in [0.3, 0.4) is 0 Å². The highest BCUT2D eigenvalue weighted by Gasteiger charge is 2.15. The van der Waals surface area contributed by atoms with E-state index in [0.717, 1.165) is 16.8 Å². The van der Waals surface area contributed by atoms with E-state index in [1.165, 1.54) is 6.20 Å². The molecule has 2 N–H and O–H groups in total. The van der Waals surface area contributed by atoms with Gasteiger partial charge in [-0.05, 0) is 12.1 Å². The molecule has 0 amide bonds. The molecule has 0 bridgehead atoms. The maximum atomic E-state index is 13.3. The Morgan fingerprint density at radius 1 is 1.19 bits per heavy atom. The van der Waals surface area contributed by atoms with E-state index in [0.29, 0.717) is 5.69 Å². The molecule has 0 fully saturated rings. The van der Waals surface area contributed by atoms with Crippen LogP contribution < -0.4 is 5.73 Å². The van der Waals surface area contributed by atoms with Gasteiger partial charge in [0, 0.05) is 6.54 Å². The monoisotopic (exact) mass is 228 g/mol. The molecular formula is C9H7F3N4. The zero-order valence-electron chi connectivity index (χ0n) is 7.99. The maximum absolute atomic E-state index is 13.3. The van der Waals surface area contributed by atoms with Crippen molar-refractivity contribution in [1.82, 2.24) is 15.0 Å². The minimum absolute atomic E-state index is 0.130. The van der Waals surface area contributed by atoms with Crippen molar-refractivity contribution >= 4 is 0 Å². The molecule has 7 heteroatoms. The Bertz CT molecular complexity index is 523. The number of halogens is 3. The molecule has 0 radical (unpaired) electrons. The lowest BCUT2D eigenvalue weighted by Crippen LogP contribution is -2.02. The van der Waals surface area contributed by atoms with Gasteiger partial charge in [-0.15, -0.1) is 5.10 Å². The first-order valence-corrected chi connectivity index (χ1v) is 4.38. The van der Waals surface area contributed by atoms with Gasteiger partial charge in [0.05, 0.1) is 11.9 Å². The molecule has 0 atom stereocenters. The van der Waals surface area contributed by atoms with Crippen molar-refractivity contribution in [3.05, 3.63) is 41.5 Å². The van der Waals surface area contributed by atoms with Gasteiger partial charge >= 0.3 is 0 Å². The molecule has 0 unspecified atom stereocenters. The zero-order chi connectivity index (χ0) is 11.7. The summed E-state index contributed by atoms with van der Waals surface area (Å²) in [6, 6.07) is 1.89. The van der Waals surface area contributed by atoms with Crippen LogP contribution >= 0.6 is 0 Å². The molecule has 0 saturated carbocycles. The van der Waals surface area contributed by atoms with Gasteiger partial charge in [0.2, 0.25) is 0 Å². The predicted octanol–water partition coefficient (Wildman–Crippen LogP) is 1.14. The summed E-state index contributed by atoms with van der Waals surface area (Å²) in [7, 11) is 0. The second kappa shape index (κ2) is 3.93. The van der Waals surface area contributed by atoms with Crippen molar-refractivity contribution in [3.8, 4) is 5.69 Å². The highest BCUT2D eigenvalue weighted by atomic mass is 19.2. The van der Waals surface area contributed by atoms with Gasteiger partial charge < -0.3 is 5.73 Å². The lowest BCUT2D eigenvalue weighted by Gasteiger charge is -2.02. The van der Waals surface area contributed by atoms with Gasteiger partial charge in [0.25, 0.3) is 0 Å². The fourth-order valence-corrected chi connectivity index (χ4v) is 1.20. The lowest BCUT2D eigenvalue weighted by atomic mass is 10.3. The largest absolute Gasteiger partial charge is 0.325 e. The molecule has 0 saturated heterocycles. The summed E-state index contributed by atoms with van der Waals surface area (Å²) in [6.07, 6.45) is 1.34. The number of nitrogens with two attached hydrogens (primary N) is 1. The Balaban J connectivity index is 2.52. The maximum Gasteiger partial charge on any atom is 0.196 e. The van der Waals surface area contributed by atoms with Gasteiger partial charge in [0.1, 0.15) is 5.69 Å². The van der Waals surface area contributed by atoms with E-state index in [1.807, 2.05) is 0 Å². The normalized spacial score (nSPS) is 10.8. The number of rotatable bonds is 2. The number of benzene rings is 1. The summed E-state index contributed by atoms with van der Waals surface area (Å²) in [5.74, 6) is -4.10. The minimum atomic E-state index is -1.54. The van der Waals surface area contributed by atoms with Crippen LogP contribution in [0.1, 0.15) is 5.69 Å². The third kappa shape index (κ3) is 1.65. The third-order valence-corrected chi connectivity index (χ3v) is 2.01. The Kier molecular flexibility index (Phi) is 2.61. The van der Waals surface area contributed by atoms with E-state index in [-0.39, 0.29) is 12.2 Å². The Morgan fingerprint density at radius 3 is 2.56 bits per heavy atom. The SMILES string of the molecule is NCc1cn(-c2ccc(F)c(F)c2F)nn1.